The monoisotopic (exact) mass is 327 g/mol. The number of fused-ring (bicyclic) bond motifs is 1. The molecular weight excluding hydrogens is 310 g/mol. The minimum absolute atomic E-state index is 0.101. The van der Waals surface area contributed by atoms with Crippen molar-refractivity contribution in [2.45, 2.75) is 19.8 Å². The van der Waals surface area contributed by atoms with Crippen LogP contribution in [0.15, 0.2) is 18.3 Å². The van der Waals surface area contributed by atoms with Gasteiger partial charge in [0.25, 0.3) is 0 Å². The summed E-state index contributed by atoms with van der Waals surface area (Å²) in [5.41, 5.74) is 8.10. The zero-order valence-corrected chi connectivity index (χ0v) is 13.5. The lowest BCUT2D eigenvalue weighted by atomic mass is 10.1. The summed E-state index contributed by atoms with van der Waals surface area (Å²) in [6, 6.07) is 5.68. The summed E-state index contributed by atoms with van der Waals surface area (Å²) in [7, 11) is 1.28. The number of anilines is 1. The van der Waals surface area contributed by atoms with Gasteiger partial charge in [0, 0.05) is 12.3 Å². The molecule has 1 aliphatic rings. The molecule has 7 heteroatoms. The molecular formula is C17H17N3O4. The second-order valence-corrected chi connectivity index (χ2v) is 5.36. The smallest absolute Gasteiger partial charge is 0.357 e. The van der Waals surface area contributed by atoms with E-state index in [9.17, 15) is 10.1 Å². The van der Waals surface area contributed by atoms with Gasteiger partial charge in [-0.15, -0.1) is 0 Å². The van der Waals surface area contributed by atoms with Gasteiger partial charge in [0.05, 0.1) is 24.0 Å². The Labute approximate surface area is 139 Å². The molecule has 124 valence electrons. The molecule has 0 radical (unpaired) electrons. The SMILES string of the molecule is CCCc1cc2c(cc1-n1cc(C#N)c(N)c1C(=O)OC)OCO2. The van der Waals surface area contributed by atoms with Crippen molar-refractivity contribution >= 4 is 11.7 Å². The lowest BCUT2D eigenvalue weighted by Gasteiger charge is -2.14. The Kier molecular flexibility index (Phi) is 4.04. The first-order chi connectivity index (χ1) is 11.6. The first kappa shape index (κ1) is 15.7. The Hall–Kier alpha value is -3.14. The topological polar surface area (TPSA) is 99.5 Å². The second-order valence-electron chi connectivity index (χ2n) is 5.36. The van der Waals surface area contributed by atoms with Crippen LogP contribution in [0.4, 0.5) is 5.69 Å². The van der Waals surface area contributed by atoms with Crippen LogP contribution in [0.3, 0.4) is 0 Å². The molecule has 0 unspecified atom stereocenters. The summed E-state index contributed by atoms with van der Waals surface area (Å²) in [4.78, 5) is 12.2. The maximum atomic E-state index is 12.2. The van der Waals surface area contributed by atoms with E-state index in [0.717, 1.165) is 24.1 Å². The van der Waals surface area contributed by atoms with Crippen molar-refractivity contribution in [2.75, 3.05) is 19.6 Å². The average Bonchev–Trinajstić information content (AvgIpc) is 3.17. The molecule has 0 bridgehead atoms. The van der Waals surface area contributed by atoms with Crippen LogP contribution in [-0.2, 0) is 11.2 Å². The minimum atomic E-state index is -0.603. The predicted octanol–water partition coefficient (Wildman–Crippen LogP) is 2.40. The molecule has 0 aliphatic carbocycles. The number of carbonyl (C=O) groups excluding carboxylic acids is 1. The number of nitrogens with two attached hydrogens (primary N) is 1. The van der Waals surface area contributed by atoms with Gasteiger partial charge in [0.1, 0.15) is 6.07 Å². The fourth-order valence-electron chi connectivity index (χ4n) is 2.77. The van der Waals surface area contributed by atoms with Gasteiger partial charge in [-0.3, -0.25) is 0 Å². The molecule has 1 aliphatic heterocycles. The van der Waals surface area contributed by atoms with Gasteiger partial charge in [-0.2, -0.15) is 5.26 Å². The molecule has 2 aromatic rings. The highest BCUT2D eigenvalue weighted by molar-refractivity contribution is 5.96. The molecule has 7 nitrogen and oxygen atoms in total. The van der Waals surface area contributed by atoms with Crippen molar-refractivity contribution in [1.29, 1.82) is 5.26 Å². The molecule has 0 atom stereocenters. The number of nitriles is 1. The van der Waals surface area contributed by atoms with E-state index in [4.69, 9.17) is 19.9 Å². The molecule has 2 N–H and O–H groups in total. The molecule has 1 aromatic heterocycles. The van der Waals surface area contributed by atoms with Crippen LogP contribution in [0.25, 0.3) is 5.69 Å². The first-order valence-electron chi connectivity index (χ1n) is 7.52. The van der Waals surface area contributed by atoms with E-state index in [-0.39, 0.29) is 23.7 Å². The van der Waals surface area contributed by atoms with Crippen molar-refractivity contribution in [3.05, 3.63) is 35.2 Å². The van der Waals surface area contributed by atoms with Crippen molar-refractivity contribution in [3.8, 4) is 23.3 Å². The number of ether oxygens (including phenoxy) is 3. The predicted molar refractivity (Wildman–Crippen MR) is 86.4 cm³/mol. The highest BCUT2D eigenvalue weighted by Gasteiger charge is 2.25. The molecule has 0 saturated carbocycles. The largest absolute Gasteiger partial charge is 0.464 e. The molecule has 0 saturated heterocycles. The average molecular weight is 327 g/mol. The van der Waals surface area contributed by atoms with Gasteiger partial charge >= 0.3 is 5.97 Å². The van der Waals surface area contributed by atoms with E-state index in [2.05, 4.69) is 6.92 Å². The van der Waals surface area contributed by atoms with Crippen LogP contribution >= 0.6 is 0 Å². The van der Waals surface area contributed by atoms with Crippen molar-refractivity contribution < 1.29 is 19.0 Å². The summed E-state index contributed by atoms with van der Waals surface area (Å²) in [6.07, 6.45) is 3.22. The van der Waals surface area contributed by atoms with E-state index in [1.54, 1.807) is 10.6 Å². The third-order valence-electron chi connectivity index (χ3n) is 3.90. The van der Waals surface area contributed by atoms with Gasteiger partial charge in [-0.1, -0.05) is 13.3 Å². The molecule has 1 aromatic carbocycles. The Morgan fingerprint density at radius 1 is 1.42 bits per heavy atom. The molecule has 2 heterocycles. The first-order valence-corrected chi connectivity index (χ1v) is 7.52. The minimum Gasteiger partial charge on any atom is -0.464 e. The van der Waals surface area contributed by atoms with Crippen LogP contribution in [-0.4, -0.2) is 24.4 Å². The fraction of sp³-hybridized carbons (Fsp3) is 0.294. The van der Waals surface area contributed by atoms with E-state index in [0.29, 0.717) is 11.5 Å². The normalized spacial score (nSPS) is 12.0. The van der Waals surface area contributed by atoms with Crippen molar-refractivity contribution in [1.82, 2.24) is 4.57 Å². The number of aryl methyl sites for hydroxylation is 1. The number of hydrogen-bond acceptors (Lipinski definition) is 6. The number of benzene rings is 1. The van der Waals surface area contributed by atoms with Crippen molar-refractivity contribution in [3.63, 3.8) is 0 Å². The summed E-state index contributed by atoms with van der Waals surface area (Å²) < 4.78 is 17.3. The molecule has 24 heavy (non-hydrogen) atoms. The Bertz CT molecular complexity index is 848. The number of carbonyl (C=O) groups is 1. The number of nitrogen functional groups attached to an aromatic ring is 1. The molecule has 3 rings (SSSR count). The molecule has 0 fully saturated rings. The number of hydrogen-bond donors (Lipinski definition) is 1. The summed E-state index contributed by atoms with van der Waals surface area (Å²) in [6.45, 7) is 2.21. The highest BCUT2D eigenvalue weighted by Crippen LogP contribution is 2.38. The van der Waals surface area contributed by atoms with Crippen LogP contribution in [0.5, 0.6) is 11.5 Å². The maximum Gasteiger partial charge on any atom is 0.357 e. The van der Waals surface area contributed by atoms with E-state index >= 15 is 0 Å². The van der Waals surface area contributed by atoms with Crippen LogP contribution in [0.2, 0.25) is 0 Å². The summed E-state index contributed by atoms with van der Waals surface area (Å²) >= 11 is 0. The van der Waals surface area contributed by atoms with Crippen LogP contribution in [0, 0.1) is 11.3 Å². The third kappa shape index (κ3) is 2.42. The molecule has 0 amide bonds. The zero-order valence-electron chi connectivity index (χ0n) is 13.5. The quantitative estimate of drug-likeness (QED) is 0.866. The van der Waals surface area contributed by atoms with E-state index < -0.39 is 5.97 Å². The molecule has 0 spiro atoms. The van der Waals surface area contributed by atoms with Crippen LogP contribution in [0.1, 0.15) is 35.0 Å². The number of aromatic nitrogens is 1. The maximum absolute atomic E-state index is 12.2. The van der Waals surface area contributed by atoms with Gasteiger partial charge in [-0.25, -0.2) is 4.79 Å². The number of nitrogens with zero attached hydrogens (tertiary/aromatic N) is 2. The highest BCUT2D eigenvalue weighted by atomic mass is 16.7. The number of rotatable bonds is 4. The fourth-order valence-corrected chi connectivity index (χ4v) is 2.77. The lowest BCUT2D eigenvalue weighted by molar-refractivity contribution is 0.0593. The zero-order chi connectivity index (χ0) is 17.3. The summed E-state index contributed by atoms with van der Waals surface area (Å²) in [5, 5.41) is 9.25. The Morgan fingerprint density at radius 2 is 2.12 bits per heavy atom. The van der Waals surface area contributed by atoms with Gasteiger partial charge in [0.15, 0.2) is 17.2 Å². The third-order valence-corrected chi connectivity index (χ3v) is 3.90. The Morgan fingerprint density at radius 3 is 2.75 bits per heavy atom. The number of esters is 1. The standard InChI is InChI=1S/C17H17N3O4/c1-3-4-10-5-13-14(24-9-23-13)6-12(10)20-8-11(7-18)15(19)16(20)17(21)22-2/h5-6,8H,3-4,9,19H2,1-2H3. The van der Waals surface area contributed by atoms with Gasteiger partial charge < -0.3 is 24.5 Å². The van der Waals surface area contributed by atoms with E-state index in [1.807, 2.05) is 12.1 Å². The van der Waals surface area contributed by atoms with Gasteiger partial charge in [-0.05, 0) is 18.1 Å². The number of methoxy groups -OCH3 is 1. The van der Waals surface area contributed by atoms with E-state index in [1.165, 1.54) is 13.3 Å². The van der Waals surface area contributed by atoms with Crippen molar-refractivity contribution in [2.24, 2.45) is 0 Å². The second kappa shape index (κ2) is 6.16. The summed E-state index contributed by atoms with van der Waals surface area (Å²) in [5.74, 6) is 0.656. The van der Waals surface area contributed by atoms with Crippen LogP contribution < -0.4 is 15.2 Å². The lowest BCUT2D eigenvalue weighted by Crippen LogP contribution is -2.12. The van der Waals surface area contributed by atoms with Gasteiger partial charge in [0.2, 0.25) is 6.79 Å². The Balaban J connectivity index is 2.25.